The van der Waals surface area contributed by atoms with Gasteiger partial charge in [0.15, 0.2) is 0 Å². The second-order valence-corrected chi connectivity index (χ2v) is 5.59. The first-order chi connectivity index (χ1) is 6.11. The molecule has 0 saturated heterocycles. The maximum Gasteiger partial charge on any atom is 0.0658 e. The molecule has 1 fully saturated rings. The summed E-state index contributed by atoms with van der Waals surface area (Å²) >= 11 is 1.74. The number of hydrogen-bond acceptors (Lipinski definition) is 3. The van der Waals surface area contributed by atoms with E-state index in [9.17, 15) is 10.2 Å². The monoisotopic (exact) mass is 204 g/mol. The van der Waals surface area contributed by atoms with Crippen molar-refractivity contribution in [2.75, 3.05) is 0 Å². The molecular formula is C10H20O2S. The van der Waals surface area contributed by atoms with Crippen molar-refractivity contribution in [3.8, 4) is 0 Å². The van der Waals surface area contributed by atoms with Crippen molar-refractivity contribution in [2.45, 2.75) is 62.2 Å². The van der Waals surface area contributed by atoms with Crippen LogP contribution in [0.2, 0.25) is 0 Å². The average Bonchev–Trinajstić information content (AvgIpc) is 2.08. The summed E-state index contributed by atoms with van der Waals surface area (Å²) in [5.74, 6) is 0. The summed E-state index contributed by atoms with van der Waals surface area (Å²) in [6.45, 7) is 3.84. The van der Waals surface area contributed by atoms with Gasteiger partial charge in [0.2, 0.25) is 0 Å². The van der Waals surface area contributed by atoms with Crippen molar-refractivity contribution < 1.29 is 10.2 Å². The predicted molar refractivity (Wildman–Crippen MR) is 57.0 cm³/mol. The van der Waals surface area contributed by atoms with E-state index in [2.05, 4.69) is 0 Å². The topological polar surface area (TPSA) is 40.5 Å². The van der Waals surface area contributed by atoms with Crippen molar-refractivity contribution in [1.29, 1.82) is 0 Å². The highest BCUT2D eigenvalue weighted by Gasteiger charge is 2.26. The molecule has 2 nitrogen and oxygen atoms in total. The van der Waals surface area contributed by atoms with Crippen LogP contribution in [0.15, 0.2) is 0 Å². The summed E-state index contributed by atoms with van der Waals surface area (Å²) < 4.78 is 0. The molecule has 0 spiro atoms. The number of rotatable bonds is 3. The van der Waals surface area contributed by atoms with Crippen molar-refractivity contribution in [1.82, 2.24) is 0 Å². The van der Waals surface area contributed by atoms with E-state index in [4.69, 9.17) is 0 Å². The Balaban J connectivity index is 2.33. The van der Waals surface area contributed by atoms with E-state index >= 15 is 0 Å². The minimum Gasteiger partial charge on any atom is -0.392 e. The Morgan fingerprint density at radius 3 is 2.38 bits per heavy atom. The predicted octanol–water partition coefficient (Wildman–Crippen LogP) is 1.79. The summed E-state index contributed by atoms with van der Waals surface area (Å²) in [5, 5.41) is 19.6. The second kappa shape index (κ2) is 5.23. The largest absolute Gasteiger partial charge is 0.392 e. The van der Waals surface area contributed by atoms with Gasteiger partial charge in [0.1, 0.15) is 0 Å². The molecule has 1 aliphatic carbocycles. The molecule has 4 atom stereocenters. The van der Waals surface area contributed by atoms with Crippen molar-refractivity contribution in [3.05, 3.63) is 0 Å². The normalized spacial score (nSPS) is 34.2. The summed E-state index contributed by atoms with van der Waals surface area (Å²) in [5.41, 5.74) is 0. The Kier molecular flexibility index (Phi) is 4.56. The van der Waals surface area contributed by atoms with Crippen molar-refractivity contribution in [2.24, 2.45) is 0 Å². The zero-order chi connectivity index (χ0) is 9.84. The third-order valence-electron chi connectivity index (χ3n) is 2.74. The lowest BCUT2D eigenvalue weighted by atomic mass is 9.97. The van der Waals surface area contributed by atoms with E-state index in [0.717, 1.165) is 19.3 Å². The second-order valence-electron chi connectivity index (χ2n) is 3.97. The van der Waals surface area contributed by atoms with Crippen LogP contribution >= 0.6 is 11.8 Å². The van der Waals surface area contributed by atoms with Crippen LogP contribution in [0.1, 0.15) is 39.5 Å². The minimum atomic E-state index is -0.279. The molecule has 3 heteroatoms. The summed E-state index contributed by atoms with van der Waals surface area (Å²) in [4.78, 5) is 0. The van der Waals surface area contributed by atoms with Crippen LogP contribution in [0.5, 0.6) is 0 Å². The van der Waals surface area contributed by atoms with E-state index in [0.29, 0.717) is 5.25 Å². The summed E-state index contributed by atoms with van der Waals surface area (Å²) in [6.07, 6.45) is 3.98. The zero-order valence-electron chi connectivity index (χ0n) is 8.44. The van der Waals surface area contributed by atoms with Crippen LogP contribution in [0.25, 0.3) is 0 Å². The van der Waals surface area contributed by atoms with E-state index in [1.165, 1.54) is 6.42 Å². The molecule has 0 amide bonds. The SMILES string of the molecule is CC(O)C(C)S[C@@H]1CCCC[C@H]1O. The zero-order valence-corrected chi connectivity index (χ0v) is 9.26. The van der Waals surface area contributed by atoms with E-state index in [1.54, 1.807) is 11.8 Å². The van der Waals surface area contributed by atoms with Crippen molar-refractivity contribution in [3.63, 3.8) is 0 Å². The Bertz CT molecular complexity index is 150. The Morgan fingerprint density at radius 1 is 1.23 bits per heavy atom. The van der Waals surface area contributed by atoms with Crippen LogP contribution in [0.3, 0.4) is 0 Å². The molecule has 1 aliphatic rings. The average molecular weight is 204 g/mol. The first-order valence-electron chi connectivity index (χ1n) is 5.13. The fourth-order valence-corrected chi connectivity index (χ4v) is 3.02. The van der Waals surface area contributed by atoms with Crippen molar-refractivity contribution >= 4 is 11.8 Å². The van der Waals surface area contributed by atoms with Gasteiger partial charge in [0, 0.05) is 10.5 Å². The highest BCUT2D eigenvalue weighted by atomic mass is 32.2. The van der Waals surface area contributed by atoms with E-state index in [-0.39, 0.29) is 17.5 Å². The molecule has 0 heterocycles. The van der Waals surface area contributed by atoms with Gasteiger partial charge < -0.3 is 10.2 Å². The molecule has 0 aromatic rings. The van der Waals surface area contributed by atoms with Gasteiger partial charge in [-0.2, -0.15) is 11.8 Å². The minimum absolute atomic E-state index is 0.153. The lowest BCUT2D eigenvalue weighted by Crippen LogP contribution is -2.30. The standard InChI is InChI=1S/C10H20O2S/c1-7(11)8(2)13-10-6-4-3-5-9(10)12/h7-12H,3-6H2,1-2H3/t7?,8?,9-,10-/m1/s1. The Morgan fingerprint density at radius 2 is 1.85 bits per heavy atom. The highest BCUT2D eigenvalue weighted by Crippen LogP contribution is 2.32. The third kappa shape index (κ3) is 3.49. The maximum absolute atomic E-state index is 9.70. The summed E-state index contributed by atoms with van der Waals surface area (Å²) in [6, 6.07) is 0. The molecule has 0 radical (unpaired) electrons. The van der Waals surface area contributed by atoms with Crippen LogP contribution in [-0.4, -0.2) is 32.9 Å². The lowest BCUT2D eigenvalue weighted by Gasteiger charge is -2.30. The molecule has 2 N–H and O–H groups in total. The first-order valence-corrected chi connectivity index (χ1v) is 6.07. The van der Waals surface area contributed by atoms with Gasteiger partial charge in [-0.1, -0.05) is 19.8 Å². The highest BCUT2D eigenvalue weighted by molar-refractivity contribution is 8.00. The number of aliphatic hydroxyl groups is 2. The van der Waals surface area contributed by atoms with Gasteiger partial charge in [0.05, 0.1) is 12.2 Å². The smallest absolute Gasteiger partial charge is 0.0658 e. The fourth-order valence-electron chi connectivity index (χ4n) is 1.63. The first kappa shape index (κ1) is 11.3. The quantitative estimate of drug-likeness (QED) is 0.736. The van der Waals surface area contributed by atoms with Gasteiger partial charge in [-0.3, -0.25) is 0 Å². The van der Waals surface area contributed by atoms with Gasteiger partial charge in [-0.05, 0) is 19.8 Å². The van der Waals surface area contributed by atoms with Gasteiger partial charge in [0.25, 0.3) is 0 Å². The van der Waals surface area contributed by atoms with E-state index < -0.39 is 0 Å². The maximum atomic E-state index is 9.70. The lowest BCUT2D eigenvalue weighted by molar-refractivity contribution is 0.135. The van der Waals surface area contributed by atoms with Crippen LogP contribution in [0.4, 0.5) is 0 Å². The number of thioether (sulfide) groups is 1. The van der Waals surface area contributed by atoms with Crippen LogP contribution in [0, 0.1) is 0 Å². The molecule has 1 rings (SSSR count). The van der Waals surface area contributed by atoms with Crippen LogP contribution in [-0.2, 0) is 0 Å². The molecule has 0 aromatic heterocycles. The number of aliphatic hydroxyl groups excluding tert-OH is 2. The van der Waals surface area contributed by atoms with Crippen LogP contribution < -0.4 is 0 Å². The van der Waals surface area contributed by atoms with Gasteiger partial charge >= 0.3 is 0 Å². The summed E-state index contributed by atoms with van der Waals surface area (Å²) in [7, 11) is 0. The van der Waals surface area contributed by atoms with E-state index in [1.807, 2.05) is 13.8 Å². The third-order valence-corrected chi connectivity index (χ3v) is 4.46. The number of hydrogen-bond donors (Lipinski definition) is 2. The fraction of sp³-hybridized carbons (Fsp3) is 1.00. The molecule has 0 aliphatic heterocycles. The van der Waals surface area contributed by atoms with Gasteiger partial charge in [-0.25, -0.2) is 0 Å². The Labute approximate surface area is 84.7 Å². The van der Waals surface area contributed by atoms with Gasteiger partial charge in [-0.15, -0.1) is 0 Å². The Hall–Kier alpha value is 0.270. The molecule has 1 saturated carbocycles. The molecule has 78 valence electrons. The molecule has 2 unspecified atom stereocenters. The molecular weight excluding hydrogens is 184 g/mol. The molecule has 13 heavy (non-hydrogen) atoms. The molecule has 0 aromatic carbocycles. The molecule has 0 bridgehead atoms.